The maximum absolute atomic E-state index is 12.4. The predicted molar refractivity (Wildman–Crippen MR) is 93.0 cm³/mol. The summed E-state index contributed by atoms with van der Waals surface area (Å²) < 4.78 is 5.11. The van der Waals surface area contributed by atoms with Crippen LogP contribution >= 0.6 is 0 Å². The average Bonchev–Trinajstić information content (AvgIpc) is 3.17. The minimum absolute atomic E-state index is 0.0448. The molecule has 1 aromatic carbocycles. The standard InChI is InChI=1S/C17H18N4O5/c1-12-13(4-2-5-14(12)21(24)25)18-17(23)20-9-7-19(8-10-20)16(22)15-6-3-11-26-15/h2-6,11H,7-10H2,1H3,(H,18,23). The summed E-state index contributed by atoms with van der Waals surface area (Å²) in [5, 5.41) is 13.7. The van der Waals surface area contributed by atoms with Gasteiger partial charge in [-0.2, -0.15) is 0 Å². The normalized spacial score (nSPS) is 14.2. The highest BCUT2D eigenvalue weighted by molar-refractivity contribution is 5.93. The number of nitro benzene ring substituents is 1. The summed E-state index contributed by atoms with van der Waals surface area (Å²) in [5.74, 6) is 0.0692. The van der Waals surface area contributed by atoms with Crippen LogP contribution in [0.15, 0.2) is 41.0 Å². The summed E-state index contributed by atoms with van der Waals surface area (Å²) in [6, 6.07) is 7.45. The van der Waals surface area contributed by atoms with Gasteiger partial charge in [-0.1, -0.05) is 6.07 Å². The number of nitrogens with one attached hydrogen (secondary N) is 1. The summed E-state index contributed by atoms with van der Waals surface area (Å²) >= 11 is 0. The van der Waals surface area contributed by atoms with Gasteiger partial charge in [0.25, 0.3) is 11.6 Å². The van der Waals surface area contributed by atoms with Crippen molar-refractivity contribution >= 4 is 23.3 Å². The number of carbonyl (C=O) groups excluding carboxylic acids is 2. The first-order chi connectivity index (χ1) is 12.5. The molecule has 0 aliphatic carbocycles. The molecule has 26 heavy (non-hydrogen) atoms. The average molecular weight is 358 g/mol. The lowest BCUT2D eigenvalue weighted by molar-refractivity contribution is -0.385. The third-order valence-electron chi connectivity index (χ3n) is 4.33. The van der Waals surface area contributed by atoms with Crippen molar-refractivity contribution in [1.29, 1.82) is 0 Å². The molecule has 0 bridgehead atoms. The third kappa shape index (κ3) is 3.51. The summed E-state index contributed by atoms with van der Waals surface area (Å²) in [7, 11) is 0. The Bertz CT molecular complexity index is 826. The Hall–Kier alpha value is -3.36. The Labute approximate surface area is 149 Å². The van der Waals surface area contributed by atoms with Gasteiger partial charge in [0.2, 0.25) is 0 Å². The number of hydrogen-bond acceptors (Lipinski definition) is 5. The number of rotatable bonds is 3. The summed E-state index contributed by atoms with van der Waals surface area (Å²) in [4.78, 5) is 38.4. The van der Waals surface area contributed by atoms with Gasteiger partial charge in [0, 0.05) is 32.2 Å². The SMILES string of the molecule is Cc1c(NC(=O)N2CCN(C(=O)c3ccco3)CC2)cccc1[N+](=O)[O-]. The van der Waals surface area contributed by atoms with Gasteiger partial charge in [-0.15, -0.1) is 0 Å². The van der Waals surface area contributed by atoms with Crippen LogP contribution in [-0.4, -0.2) is 52.8 Å². The van der Waals surface area contributed by atoms with Crippen molar-refractivity contribution in [2.24, 2.45) is 0 Å². The lowest BCUT2D eigenvalue weighted by Gasteiger charge is -2.34. The van der Waals surface area contributed by atoms with Gasteiger partial charge in [0.15, 0.2) is 5.76 Å². The van der Waals surface area contributed by atoms with E-state index in [2.05, 4.69) is 5.32 Å². The molecule has 2 aromatic rings. The Morgan fingerprint density at radius 3 is 2.42 bits per heavy atom. The van der Waals surface area contributed by atoms with Crippen LogP contribution in [0.4, 0.5) is 16.2 Å². The van der Waals surface area contributed by atoms with Crippen LogP contribution in [0.2, 0.25) is 0 Å². The molecule has 1 fully saturated rings. The lowest BCUT2D eigenvalue weighted by Crippen LogP contribution is -2.51. The zero-order chi connectivity index (χ0) is 18.7. The van der Waals surface area contributed by atoms with Gasteiger partial charge in [0.1, 0.15) is 0 Å². The second kappa shape index (κ2) is 7.26. The first kappa shape index (κ1) is 17.5. The van der Waals surface area contributed by atoms with Crippen molar-refractivity contribution in [3.05, 3.63) is 58.0 Å². The monoisotopic (exact) mass is 358 g/mol. The molecule has 0 unspecified atom stereocenters. The number of nitrogens with zero attached hydrogens (tertiary/aromatic N) is 3. The molecule has 9 heteroatoms. The third-order valence-corrected chi connectivity index (χ3v) is 4.33. The fourth-order valence-corrected chi connectivity index (χ4v) is 2.82. The first-order valence-corrected chi connectivity index (χ1v) is 8.10. The molecule has 0 atom stereocenters. The van der Waals surface area contributed by atoms with Crippen LogP contribution in [0.25, 0.3) is 0 Å². The number of nitro groups is 1. The van der Waals surface area contributed by atoms with E-state index in [0.29, 0.717) is 37.4 Å². The first-order valence-electron chi connectivity index (χ1n) is 8.10. The Morgan fingerprint density at radius 1 is 1.12 bits per heavy atom. The quantitative estimate of drug-likeness (QED) is 0.670. The molecule has 0 saturated carbocycles. The van der Waals surface area contributed by atoms with Crippen LogP contribution in [0.1, 0.15) is 16.1 Å². The van der Waals surface area contributed by atoms with Crippen molar-refractivity contribution < 1.29 is 18.9 Å². The van der Waals surface area contributed by atoms with E-state index in [4.69, 9.17) is 4.42 Å². The number of urea groups is 1. The van der Waals surface area contributed by atoms with E-state index in [9.17, 15) is 19.7 Å². The summed E-state index contributed by atoms with van der Waals surface area (Å²) in [6.07, 6.45) is 1.44. The smallest absolute Gasteiger partial charge is 0.321 e. The molecule has 1 N–H and O–H groups in total. The number of furan rings is 1. The Balaban J connectivity index is 1.60. The zero-order valence-electron chi connectivity index (χ0n) is 14.2. The van der Waals surface area contributed by atoms with Gasteiger partial charge >= 0.3 is 6.03 Å². The minimum atomic E-state index is -0.482. The number of amides is 3. The molecular formula is C17H18N4O5. The molecule has 1 aliphatic heterocycles. The van der Waals surface area contributed by atoms with Crippen LogP contribution < -0.4 is 5.32 Å². The van der Waals surface area contributed by atoms with Crippen molar-refractivity contribution in [3.8, 4) is 0 Å². The maximum Gasteiger partial charge on any atom is 0.321 e. The fraction of sp³-hybridized carbons (Fsp3) is 0.294. The van der Waals surface area contributed by atoms with E-state index in [1.807, 2.05) is 0 Å². The van der Waals surface area contributed by atoms with Crippen LogP contribution in [0.5, 0.6) is 0 Å². The van der Waals surface area contributed by atoms with Crippen molar-refractivity contribution in [2.75, 3.05) is 31.5 Å². The van der Waals surface area contributed by atoms with Crippen LogP contribution in [0, 0.1) is 17.0 Å². The largest absolute Gasteiger partial charge is 0.459 e. The number of carbonyl (C=O) groups is 2. The van der Waals surface area contributed by atoms with Crippen LogP contribution in [-0.2, 0) is 0 Å². The number of piperazine rings is 1. The second-order valence-electron chi connectivity index (χ2n) is 5.89. The minimum Gasteiger partial charge on any atom is -0.459 e. The molecule has 2 heterocycles. The highest BCUT2D eigenvalue weighted by atomic mass is 16.6. The van der Waals surface area contributed by atoms with E-state index in [1.165, 1.54) is 18.4 Å². The Morgan fingerprint density at radius 2 is 1.81 bits per heavy atom. The van der Waals surface area contributed by atoms with E-state index in [0.717, 1.165) is 0 Å². The van der Waals surface area contributed by atoms with Gasteiger partial charge in [0.05, 0.1) is 22.4 Å². The van der Waals surface area contributed by atoms with E-state index < -0.39 is 4.92 Å². The zero-order valence-corrected chi connectivity index (χ0v) is 14.2. The number of hydrogen-bond donors (Lipinski definition) is 1. The molecular weight excluding hydrogens is 340 g/mol. The van der Waals surface area contributed by atoms with Gasteiger partial charge in [-0.25, -0.2) is 4.79 Å². The molecule has 0 radical (unpaired) electrons. The fourth-order valence-electron chi connectivity index (χ4n) is 2.82. The maximum atomic E-state index is 12.4. The lowest BCUT2D eigenvalue weighted by atomic mass is 10.1. The highest BCUT2D eigenvalue weighted by Gasteiger charge is 2.26. The molecule has 3 amide bonds. The van der Waals surface area contributed by atoms with Gasteiger partial charge in [-0.05, 0) is 25.1 Å². The van der Waals surface area contributed by atoms with E-state index in [-0.39, 0.29) is 23.4 Å². The topological polar surface area (TPSA) is 109 Å². The molecule has 9 nitrogen and oxygen atoms in total. The van der Waals surface area contributed by atoms with E-state index >= 15 is 0 Å². The molecule has 0 spiro atoms. The molecule has 1 saturated heterocycles. The van der Waals surface area contributed by atoms with Crippen LogP contribution in [0.3, 0.4) is 0 Å². The summed E-state index contributed by atoms with van der Waals surface area (Å²) in [5.41, 5.74) is 0.757. The predicted octanol–water partition coefficient (Wildman–Crippen LogP) is 2.49. The van der Waals surface area contributed by atoms with Crippen molar-refractivity contribution in [3.63, 3.8) is 0 Å². The molecule has 3 rings (SSSR count). The van der Waals surface area contributed by atoms with Crippen molar-refractivity contribution in [2.45, 2.75) is 6.92 Å². The molecule has 1 aliphatic rings. The number of benzene rings is 1. The van der Waals surface area contributed by atoms with Gasteiger partial charge in [-0.3, -0.25) is 14.9 Å². The molecule has 136 valence electrons. The van der Waals surface area contributed by atoms with Gasteiger partial charge < -0.3 is 19.5 Å². The number of anilines is 1. The Kier molecular flexibility index (Phi) is 4.87. The molecule has 1 aromatic heterocycles. The van der Waals surface area contributed by atoms with Crippen molar-refractivity contribution in [1.82, 2.24) is 9.80 Å². The highest BCUT2D eigenvalue weighted by Crippen LogP contribution is 2.25. The summed E-state index contributed by atoms with van der Waals surface area (Å²) in [6.45, 7) is 3.11. The van der Waals surface area contributed by atoms with E-state index in [1.54, 1.807) is 34.9 Å². The second-order valence-corrected chi connectivity index (χ2v) is 5.89.